The second-order valence-corrected chi connectivity index (χ2v) is 7.72. The molecule has 1 aromatic carbocycles. The minimum Gasteiger partial charge on any atom is -0.350 e. The third kappa shape index (κ3) is 5.29. The maximum atomic E-state index is 13.0. The zero-order valence-corrected chi connectivity index (χ0v) is 18.6. The summed E-state index contributed by atoms with van der Waals surface area (Å²) < 4.78 is 15.9. The third-order valence-corrected chi connectivity index (χ3v) is 5.35. The zero-order valence-electron chi connectivity index (χ0n) is 18.6. The van der Waals surface area contributed by atoms with Gasteiger partial charge in [-0.05, 0) is 37.6 Å². The van der Waals surface area contributed by atoms with E-state index < -0.39 is 5.91 Å². The fourth-order valence-electron chi connectivity index (χ4n) is 3.37. The number of carbonyl (C=O) groups is 2. The van der Waals surface area contributed by atoms with Gasteiger partial charge in [-0.2, -0.15) is 5.10 Å². The molecule has 0 radical (unpaired) electrons. The summed E-state index contributed by atoms with van der Waals surface area (Å²) in [5, 5.41) is 7.06. The summed E-state index contributed by atoms with van der Waals surface area (Å²) in [6.45, 7) is 4.19. The van der Waals surface area contributed by atoms with Gasteiger partial charge in [-0.3, -0.25) is 19.1 Å². The van der Waals surface area contributed by atoms with Crippen LogP contribution in [0.1, 0.15) is 32.9 Å². The number of rotatable bonds is 7. The Balaban J connectivity index is 1.67. The van der Waals surface area contributed by atoms with E-state index in [-0.39, 0.29) is 30.4 Å². The summed E-state index contributed by atoms with van der Waals surface area (Å²) in [5.41, 5.74) is 3.45. The average molecular weight is 439 g/mol. The molecule has 0 bridgehead atoms. The highest BCUT2D eigenvalue weighted by Gasteiger charge is 2.18. The fraction of sp³-hybridized carbons (Fsp3) is 0.304. The van der Waals surface area contributed by atoms with Crippen molar-refractivity contribution in [3.05, 3.63) is 86.8 Å². The molecule has 8 nitrogen and oxygen atoms in total. The van der Waals surface area contributed by atoms with Crippen molar-refractivity contribution in [1.82, 2.24) is 24.6 Å². The Morgan fingerprint density at radius 2 is 1.81 bits per heavy atom. The van der Waals surface area contributed by atoms with Crippen LogP contribution in [0, 0.1) is 19.7 Å². The zero-order chi connectivity index (χ0) is 23.4. The molecule has 9 heteroatoms. The number of carbonyl (C=O) groups excluding carboxylic acids is 2. The molecule has 168 valence electrons. The van der Waals surface area contributed by atoms with Gasteiger partial charge in [-0.15, -0.1) is 0 Å². The first-order chi connectivity index (χ1) is 15.2. The van der Waals surface area contributed by atoms with Crippen LogP contribution in [0.4, 0.5) is 4.39 Å². The van der Waals surface area contributed by atoms with E-state index in [0.717, 1.165) is 22.5 Å². The van der Waals surface area contributed by atoms with Crippen LogP contribution in [0.3, 0.4) is 0 Å². The highest BCUT2D eigenvalue weighted by Crippen LogP contribution is 2.15. The van der Waals surface area contributed by atoms with Gasteiger partial charge in [-0.1, -0.05) is 12.1 Å². The van der Waals surface area contributed by atoms with E-state index in [4.69, 9.17) is 0 Å². The standard InChI is InChI=1S/C23H26FN5O3/c1-15-20(16(2)28(4)26-15)13-27(3)23(32)18-7-10-22(31)29(12-18)14-21(30)25-11-17-5-8-19(24)9-6-17/h5-10,12H,11,13-14H2,1-4H3,(H,25,30). The minimum absolute atomic E-state index is 0.207. The molecular formula is C23H26FN5O3. The summed E-state index contributed by atoms with van der Waals surface area (Å²) in [6.07, 6.45) is 1.39. The SMILES string of the molecule is Cc1nn(C)c(C)c1CN(C)C(=O)c1ccc(=O)n(CC(=O)NCc2ccc(F)cc2)c1. The van der Waals surface area contributed by atoms with Gasteiger partial charge in [0.2, 0.25) is 5.91 Å². The van der Waals surface area contributed by atoms with Crippen molar-refractivity contribution in [1.29, 1.82) is 0 Å². The van der Waals surface area contributed by atoms with Gasteiger partial charge in [0.05, 0.1) is 11.3 Å². The molecule has 2 amide bonds. The van der Waals surface area contributed by atoms with Crippen LogP contribution in [-0.2, 0) is 31.5 Å². The second kappa shape index (κ2) is 9.59. The number of hydrogen-bond donors (Lipinski definition) is 1. The summed E-state index contributed by atoms with van der Waals surface area (Å²) in [7, 11) is 3.53. The predicted octanol–water partition coefficient (Wildman–Crippen LogP) is 1.93. The van der Waals surface area contributed by atoms with E-state index in [1.807, 2.05) is 20.9 Å². The lowest BCUT2D eigenvalue weighted by Crippen LogP contribution is -2.33. The molecule has 0 aliphatic rings. The molecule has 0 aliphatic carbocycles. The highest BCUT2D eigenvalue weighted by atomic mass is 19.1. The summed E-state index contributed by atoms with van der Waals surface area (Å²) in [4.78, 5) is 39.0. The largest absolute Gasteiger partial charge is 0.350 e. The van der Waals surface area contributed by atoms with Gasteiger partial charge in [-0.25, -0.2) is 4.39 Å². The lowest BCUT2D eigenvalue weighted by molar-refractivity contribution is -0.121. The summed E-state index contributed by atoms with van der Waals surface area (Å²) in [5.74, 6) is -1.02. The van der Waals surface area contributed by atoms with E-state index >= 15 is 0 Å². The molecule has 0 atom stereocenters. The monoisotopic (exact) mass is 439 g/mol. The van der Waals surface area contributed by atoms with Crippen molar-refractivity contribution in [2.24, 2.45) is 7.05 Å². The number of aromatic nitrogens is 3. The molecule has 0 unspecified atom stereocenters. The molecule has 0 aliphatic heterocycles. The van der Waals surface area contributed by atoms with Crippen LogP contribution in [0.15, 0.2) is 47.4 Å². The Labute approximate surface area is 185 Å². The smallest absolute Gasteiger partial charge is 0.255 e. The lowest BCUT2D eigenvalue weighted by Gasteiger charge is -2.18. The van der Waals surface area contributed by atoms with E-state index in [2.05, 4.69) is 10.4 Å². The number of nitrogens with one attached hydrogen (secondary N) is 1. The molecule has 3 aromatic rings. The van der Waals surface area contributed by atoms with Crippen molar-refractivity contribution in [3.63, 3.8) is 0 Å². The van der Waals surface area contributed by atoms with E-state index in [9.17, 15) is 18.8 Å². The lowest BCUT2D eigenvalue weighted by atomic mass is 10.1. The number of pyridine rings is 1. The molecule has 2 aromatic heterocycles. The van der Waals surface area contributed by atoms with Crippen molar-refractivity contribution in [3.8, 4) is 0 Å². The second-order valence-electron chi connectivity index (χ2n) is 7.72. The van der Waals surface area contributed by atoms with Gasteiger partial charge in [0.15, 0.2) is 0 Å². The van der Waals surface area contributed by atoms with Crippen LogP contribution in [0.5, 0.6) is 0 Å². The molecule has 0 fully saturated rings. The van der Waals surface area contributed by atoms with Crippen LogP contribution in [0.2, 0.25) is 0 Å². The number of nitrogens with zero attached hydrogens (tertiary/aromatic N) is 4. The van der Waals surface area contributed by atoms with Crippen LogP contribution >= 0.6 is 0 Å². The summed E-state index contributed by atoms with van der Waals surface area (Å²) >= 11 is 0. The van der Waals surface area contributed by atoms with E-state index in [1.54, 1.807) is 28.8 Å². The molecule has 3 rings (SSSR count). The van der Waals surface area contributed by atoms with Gasteiger partial charge in [0.25, 0.3) is 11.5 Å². The first kappa shape index (κ1) is 22.9. The summed E-state index contributed by atoms with van der Waals surface area (Å²) in [6, 6.07) is 8.50. The first-order valence-electron chi connectivity index (χ1n) is 10.1. The Kier molecular flexibility index (Phi) is 6.87. The molecular weight excluding hydrogens is 413 g/mol. The Morgan fingerprint density at radius 3 is 2.44 bits per heavy atom. The van der Waals surface area contributed by atoms with Crippen LogP contribution in [-0.4, -0.2) is 38.1 Å². The fourth-order valence-corrected chi connectivity index (χ4v) is 3.37. The Morgan fingerprint density at radius 1 is 1.12 bits per heavy atom. The first-order valence-corrected chi connectivity index (χ1v) is 10.1. The van der Waals surface area contributed by atoms with Crippen LogP contribution in [0.25, 0.3) is 0 Å². The molecule has 1 N–H and O–H groups in total. The number of aryl methyl sites for hydroxylation is 2. The maximum Gasteiger partial charge on any atom is 0.255 e. The maximum absolute atomic E-state index is 13.0. The number of benzene rings is 1. The van der Waals surface area contributed by atoms with E-state index in [1.165, 1.54) is 35.0 Å². The van der Waals surface area contributed by atoms with Gasteiger partial charge >= 0.3 is 0 Å². The molecule has 32 heavy (non-hydrogen) atoms. The molecule has 0 saturated carbocycles. The van der Waals surface area contributed by atoms with Crippen LogP contribution < -0.4 is 10.9 Å². The average Bonchev–Trinajstić information content (AvgIpc) is 3.00. The normalized spacial score (nSPS) is 10.8. The molecule has 2 heterocycles. The Hall–Kier alpha value is -3.75. The highest BCUT2D eigenvalue weighted by molar-refractivity contribution is 5.93. The van der Waals surface area contributed by atoms with Crippen molar-refractivity contribution in [2.45, 2.75) is 33.5 Å². The van der Waals surface area contributed by atoms with Gasteiger partial charge in [0, 0.05) is 50.7 Å². The van der Waals surface area contributed by atoms with Crippen molar-refractivity contribution in [2.75, 3.05) is 7.05 Å². The molecule has 0 saturated heterocycles. The number of hydrogen-bond acceptors (Lipinski definition) is 4. The third-order valence-electron chi connectivity index (χ3n) is 5.35. The minimum atomic E-state index is -0.393. The van der Waals surface area contributed by atoms with Crippen molar-refractivity contribution >= 4 is 11.8 Å². The number of halogens is 1. The van der Waals surface area contributed by atoms with Gasteiger partial charge < -0.3 is 14.8 Å². The Bertz CT molecular complexity index is 1200. The predicted molar refractivity (Wildman–Crippen MR) is 117 cm³/mol. The topological polar surface area (TPSA) is 89.2 Å². The quantitative estimate of drug-likeness (QED) is 0.609. The van der Waals surface area contributed by atoms with Gasteiger partial charge in [0.1, 0.15) is 12.4 Å². The number of amides is 2. The van der Waals surface area contributed by atoms with Crippen molar-refractivity contribution < 1.29 is 14.0 Å². The molecule has 0 spiro atoms. The van der Waals surface area contributed by atoms with E-state index in [0.29, 0.717) is 12.1 Å².